The number of likely N-dealkylation sites (tertiary alicyclic amines) is 1. The molecule has 3 aromatic carbocycles. The maximum atomic E-state index is 6.27. The fourth-order valence-electron chi connectivity index (χ4n) is 9.44. The van der Waals surface area contributed by atoms with Crippen LogP contribution in [0.5, 0.6) is 28.7 Å². The lowest BCUT2D eigenvalue weighted by molar-refractivity contribution is 0.210. The highest BCUT2D eigenvalue weighted by Crippen LogP contribution is 2.38. The van der Waals surface area contributed by atoms with Crippen molar-refractivity contribution in [1.82, 2.24) is 30.2 Å². The zero-order valence-electron chi connectivity index (χ0n) is 38.9. The summed E-state index contributed by atoms with van der Waals surface area (Å²) in [6.07, 6.45) is 11.6. The van der Waals surface area contributed by atoms with Gasteiger partial charge in [-0.25, -0.2) is 9.97 Å². The average molecular weight is 912 g/mol. The van der Waals surface area contributed by atoms with Gasteiger partial charge in [-0.15, -0.1) is 0 Å². The summed E-state index contributed by atoms with van der Waals surface area (Å²) in [5, 5.41) is 13.3. The number of ether oxygens (including phenoxy) is 5. The van der Waals surface area contributed by atoms with Crippen LogP contribution in [0.1, 0.15) is 76.7 Å². The van der Waals surface area contributed by atoms with Crippen LogP contribution in [0.2, 0.25) is 5.02 Å². The van der Waals surface area contributed by atoms with Crippen LogP contribution in [-0.4, -0.2) is 124 Å². The van der Waals surface area contributed by atoms with Gasteiger partial charge in [0.25, 0.3) is 0 Å². The zero-order chi connectivity index (χ0) is 45.1. The Kier molecular flexibility index (Phi) is 15.9. The predicted molar refractivity (Wildman–Crippen MR) is 261 cm³/mol. The van der Waals surface area contributed by atoms with Crippen molar-refractivity contribution in [3.05, 3.63) is 53.1 Å². The quantitative estimate of drug-likeness (QED) is 0.0978. The van der Waals surface area contributed by atoms with E-state index < -0.39 is 0 Å². The van der Waals surface area contributed by atoms with Crippen molar-refractivity contribution < 1.29 is 23.7 Å². The Bertz CT molecular complexity index is 2350. The molecular weight excluding hydrogens is 844 g/mol. The smallest absolute Gasteiger partial charge is 0.225 e. The minimum absolute atomic E-state index is 0.322. The molecule has 9 rings (SSSR count). The van der Waals surface area contributed by atoms with E-state index in [-0.39, 0.29) is 0 Å². The molecule has 4 fully saturated rings. The van der Waals surface area contributed by atoms with Crippen LogP contribution in [0.15, 0.2) is 42.5 Å². The van der Waals surface area contributed by atoms with Crippen molar-refractivity contribution in [2.45, 2.75) is 89.8 Å². The maximum Gasteiger partial charge on any atom is 0.225 e. The van der Waals surface area contributed by atoms with Crippen molar-refractivity contribution in [3.63, 3.8) is 0 Å². The van der Waals surface area contributed by atoms with Crippen LogP contribution in [0.3, 0.4) is 0 Å². The number of halogens is 1. The lowest BCUT2D eigenvalue weighted by atomic mass is 10.0. The minimum atomic E-state index is 0.322. The monoisotopic (exact) mass is 910 g/mol. The Morgan fingerprint density at radius 1 is 0.585 bits per heavy atom. The van der Waals surface area contributed by atoms with E-state index in [1.807, 2.05) is 37.3 Å². The molecule has 4 saturated heterocycles. The van der Waals surface area contributed by atoms with E-state index in [2.05, 4.69) is 42.8 Å². The van der Waals surface area contributed by atoms with Gasteiger partial charge in [-0.3, -0.25) is 4.90 Å². The molecule has 0 spiro atoms. The number of nitrogens with zero attached hydrogens (tertiary/aromatic N) is 7. The van der Waals surface area contributed by atoms with Crippen LogP contribution in [0.4, 0.5) is 23.5 Å². The van der Waals surface area contributed by atoms with Gasteiger partial charge in [-0.1, -0.05) is 17.7 Å². The van der Waals surface area contributed by atoms with Gasteiger partial charge in [0, 0.05) is 80.8 Å². The third kappa shape index (κ3) is 11.4. The number of hydrogen-bond acceptors (Lipinski definition) is 15. The van der Waals surface area contributed by atoms with Gasteiger partial charge in [0.2, 0.25) is 11.9 Å². The molecule has 0 radical (unpaired) electrons. The molecule has 0 bridgehead atoms. The van der Waals surface area contributed by atoms with Gasteiger partial charge in [0.15, 0.2) is 23.0 Å². The molecule has 0 unspecified atom stereocenters. The number of hydrogen-bond donors (Lipinski definition) is 3. The largest absolute Gasteiger partial charge is 0.493 e. The van der Waals surface area contributed by atoms with Crippen molar-refractivity contribution in [2.24, 2.45) is 0 Å². The summed E-state index contributed by atoms with van der Waals surface area (Å²) in [5.41, 5.74) is 2.98. The molecule has 4 aliphatic rings. The molecule has 0 aliphatic carbocycles. The van der Waals surface area contributed by atoms with E-state index in [4.69, 9.17) is 55.2 Å². The first-order valence-corrected chi connectivity index (χ1v) is 24.0. The molecular formula is C49H67ClN10O5. The fourth-order valence-corrected chi connectivity index (χ4v) is 9.61. The molecule has 4 aliphatic heterocycles. The first-order valence-electron chi connectivity index (χ1n) is 23.6. The van der Waals surface area contributed by atoms with Crippen LogP contribution in [-0.2, 0) is 6.54 Å². The van der Waals surface area contributed by atoms with Crippen molar-refractivity contribution in [2.75, 3.05) is 108 Å². The number of piperidine rings is 4. The second kappa shape index (κ2) is 22.3. The topological polar surface area (TPSA) is 144 Å². The standard InChI is InChI=1S/C29H38ClN5O3.C20H29N5O2/c1-4-38-25-16-20(8-9-23(25)30)19-34-14-10-21(11-15-34)31-29-32-24-18-27(37-3)26(36-2)17-22(24)28(33-29)35-12-6-5-7-13-35;1-26-17-12-15-16(13-18(17)27-2)23-20(22-14-6-8-21-9-7-14)24-19(15)25-10-4-3-5-11-25/h8-9,16-18,21H,4-7,10-15,19H2,1-3H3,(H,31,32,33);12-14,21H,3-11H2,1-2H3,(H,22,23,24). The van der Waals surface area contributed by atoms with E-state index in [0.29, 0.717) is 58.6 Å². The molecule has 0 saturated carbocycles. The molecule has 65 heavy (non-hydrogen) atoms. The van der Waals surface area contributed by atoms with E-state index in [1.54, 1.807) is 28.4 Å². The SMILES string of the molecule is CCOc1cc(CN2CCC(Nc3nc(N4CCCCC4)c4cc(OC)c(OC)cc4n3)CC2)ccc1Cl.COc1cc2nc(NC3CCNCC3)nc(N3CCCCC3)c2cc1OC. The van der Waals surface area contributed by atoms with E-state index in [9.17, 15) is 0 Å². The first-order chi connectivity index (χ1) is 31.9. The maximum absolute atomic E-state index is 6.27. The number of methoxy groups -OCH3 is 4. The van der Waals surface area contributed by atoms with Crippen LogP contribution in [0.25, 0.3) is 21.8 Å². The normalized spacial score (nSPS) is 17.6. The Balaban J connectivity index is 0.000000188. The van der Waals surface area contributed by atoms with Gasteiger partial charge in [0.05, 0.1) is 51.1 Å². The second-order valence-electron chi connectivity index (χ2n) is 17.3. The summed E-state index contributed by atoms with van der Waals surface area (Å²) in [5.74, 6) is 6.91. The third-order valence-electron chi connectivity index (χ3n) is 13.0. The van der Waals surface area contributed by atoms with Gasteiger partial charge in [-0.2, -0.15) is 9.97 Å². The van der Waals surface area contributed by atoms with Gasteiger partial charge < -0.3 is 49.4 Å². The molecule has 3 N–H and O–H groups in total. The summed E-state index contributed by atoms with van der Waals surface area (Å²) in [7, 11) is 6.64. The molecule has 350 valence electrons. The first kappa shape index (κ1) is 46.3. The van der Waals surface area contributed by atoms with Crippen molar-refractivity contribution in [3.8, 4) is 28.7 Å². The fraction of sp³-hybridized carbons (Fsp3) is 0.551. The van der Waals surface area contributed by atoms with E-state index in [0.717, 1.165) is 124 Å². The number of benzene rings is 3. The van der Waals surface area contributed by atoms with Crippen molar-refractivity contribution >= 4 is 56.9 Å². The average Bonchev–Trinajstić information content (AvgIpc) is 3.35. The Morgan fingerprint density at radius 3 is 1.54 bits per heavy atom. The molecule has 0 atom stereocenters. The summed E-state index contributed by atoms with van der Waals surface area (Å²) in [6, 6.07) is 14.7. The van der Waals surface area contributed by atoms with Crippen LogP contribution in [0, 0.1) is 0 Å². The predicted octanol–water partition coefficient (Wildman–Crippen LogP) is 8.57. The van der Waals surface area contributed by atoms with Crippen LogP contribution < -0.4 is 49.4 Å². The van der Waals surface area contributed by atoms with E-state index in [1.165, 1.54) is 44.1 Å². The van der Waals surface area contributed by atoms with Gasteiger partial charge in [-0.05, 0) is 114 Å². The van der Waals surface area contributed by atoms with Gasteiger partial charge >= 0.3 is 0 Å². The lowest BCUT2D eigenvalue weighted by Crippen LogP contribution is -2.39. The summed E-state index contributed by atoms with van der Waals surface area (Å²) in [4.78, 5) is 26.9. The third-order valence-corrected chi connectivity index (χ3v) is 13.3. The van der Waals surface area contributed by atoms with Gasteiger partial charge in [0.1, 0.15) is 17.4 Å². The molecule has 0 amide bonds. The van der Waals surface area contributed by atoms with E-state index >= 15 is 0 Å². The Hall–Kier alpha value is -5.25. The summed E-state index contributed by atoms with van der Waals surface area (Å²) >= 11 is 6.27. The summed E-state index contributed by atoms with van der Waals surface area (Å²) < 4.78 is 27.8. The Morgan fingerprint density at radius 2 is 1.06 bits per heavy atom. The molecule has 15 nitrogen and oxygen atoms in total. The highest BCUT2D eigenvalue weighted by atomic mass is 35.5. The van der Waals surface area contributed by atoms with Crippen LogP contribution >= 0.6 is 11.6 Å². The number of rotatable bonds is 14. The number of fused-ring (bicyclic) bond motifs is 2. The highest BCUT2D eigenvalue weighted by molar-refractivity contribution is 6.32. The molecule has 6 heterocycles. The van der Waals surface area contributed by atoms with Crippen molar-refractivity contribution in [1.29, 1.82) is 0 Å². The molecule has 5 aromatic rings. The molecule has 2 aromatic heterocycles. The molecule has 16 heteroatoms. The summed E-state index contributed by atoms with van der Waals surface area (Å²) in [6.45, 7) is 11.6. The highest BCUT2D eigenvalue weighted by Gasteiger charge is 2.25. The number of nitrogens with one attached hydrogen (secondary N) is 3. The number of aromatic nitrogens is 4. The second-order valence-corrected chi connectivity index (χ2v) is 17.8. The minimum Gasteiger partial charge on any atom is -0.493 e. The zero-order valence-corrected chi connectivity index (χ0v) is 39.6. The Labute approximate surface area is 388 Å². The number of anilines is 4. The lowest BCUT2D eigenvalue weighted by Gasteiger charge is -2.33.